The predicted molar refractivity (Wildman–Crippen MR) is 78.2 cm³/mol. The number of halogens is 3. The number of aryl methyl sites for hydroxylation is 1. The van der Waals surface area contributed by atoms with Crippen LogP contribution < -0.4 is 0 Å². The lowest BCUT2D eigenvalue weighted by Gasteiger charge is -2.25. The Kier molecular flexibility index (Phi) is 4.15. The molecule has 1 saturated heterocycles. The third-order valence-corrected chi connectivity index (χ3v) is 4.16. The molecule has 108 valence electrons. The lowest BCUT2D eigenvalue weighted by Crippen LogP contribution is -2.21. The average Bonchev–Trinajstić information content (AvgIpc) is 2.78. The maximum absolute atomic E-state index is 13.8. The highest BCUT2D eigenvalue weighted by Gasteiger charge is 2.22. The van der Waals surface area contributed by atoms with Crippen LogP contribution in [0.5, 0.6) is 0 Å². The van der Waals surface area contributed by atoms with Gasteiger partial charge in [0.1, 0.15) is 11.6 Å². The molecule has 0 radical (unpaired) electrons. The van der Waals surface area contributed by atoms with E-state index in [0.717, 1.165) is 42.9 Å². The molecule has 0 atom stereocenters. The molecule has 0 N–H and O–H groups in total. The van der Waals surface area contributed by atoms with Crippen LogP contribution in [0.25, 0.3) is 11.0 Å². The van der Waals surface area contributed by atoms with Crippen molar-refractivity contribution in [2.75, 3.05) is 19.1 Å². The second kappa shape index (κ2) is 5.88. The fourth-order valence-electron chi connectivity index (χ4n) is 2.75. The Labute approximate surface area is 126 Å². The number of aromatic nitrogens is 2. The molecule has 1 aromatic heterocycles. The summed E-state index contributed by atoms with van der Waals surface area (Å²) in [5.74, 6) is 0.969. The zero-order chi connectivity index (χ0) is 14.1. The molecule has 1 aliphatic heterocycles. The molecule has 1 aromatic carbocycles. The minimum absolute atomic E-state index is 0.103. The Morgan fingerprint density at radius 3 is 2.80 bits per heavy atom. The predicted octanol–water partition coefficient (Wildman–Crippen LogP) is 3.96. The molecule has 0 spiro atoms. The van der Waals surface area contributed by atoms with E-state index >= 15 is 0 Å². The first-order valence-corrected chi connectivity index (χ1v) is 7.61. The first-order chi connectivity index (χ1) is 9.70. The van der Waals surface area contributed by atoms with E-state index in [1.807, 2.05) is 0 Å². The molecule has 20 heavy (non-hydrogen) atoms. The van der Waals surface area contributed by atoms with Crippen LogP contribution >= 0.6 is 23.2 Å². The van der Waals surface area contributed by atoms with Crippen molar-refractivity contribution in [1.29, 1.82) is 0 Å². The van der Waals surface area contributed by atoms with Crippen LogP contribution in [-0.4, -0.2) is 28.6 Å². The molecule has 0 amide bonds. The molecule has 6 heteroatoms. The summed E-state index contributed by atoms with van der Waals surface area (Å²) >= 11 is 11.7. The van der Waals surface area contributed by atoms with Gasteiger partial charge in [0.2, 0.25) is 0 Å². The average molecular weight is 317 g/mol. The minimum atomic E-state index is -0.412. The molecule has 3 nitrogen and oxygen atoms in total. The molecular formula is C14H15Cl2FN2O. The third kappa shape index (κ3) is 2.52. The Bertz CT molecular complexity index is 623. The molecule has 0 saturated carbocycles. The molecule has 1 fully saturated rings. The number of hydrogen-bond donors (Lipinski definition) is 0. The van der Waals surface area contributed by atoms with Gasteiger partial charge in [-0.25, -0.2) is 9.37 Å². The Balaban J connectivity index is 2.14. The normalized spacial score (nSPS) is 16.9. The summed E-state index contributed by atoms with van der Waals surface area (Å²) in [6.45, 7) is 1.45. The molecule has 0 unspecified atom stereocenters. The lowest BCUT2D eigenvalue weighted by molar-refractivity contribution is 0.0699. The highest BCUT2D eigenvalue weighted by molar-refractivity contribution is 6.31. The number of nitrogens with zero attached hydrogens (tertiary/aromatic N) is 2. The highest BCUT2D eigenvalue weighted by Crippen LogP contribution is 2.30. The fraction of sp³-hybridized carbons (Fsp3) is 0.500. The second-order valence-electron chi connectivity index (χ2n) is 4.94. The molecule has 1 aliphatic rings. The fourth-order valence-corrected chi connectivity index (χ4v) is 3.08. The number of hydrogen-bond acceptors (Lipinski definition) is 2. The van der Waals surface area contributed by atoms with E-state index in [0.29, 0.717) is 12.3 Å². The maximum Gasteiger partial charge on any atom is 0.144 e. The zero-order valence-electron chi connectivity index (χ0n) is 10.9. The van der Waals surface area contributed by atoms with E-state index < -0.39 is 5.82 Å². The van der Waals surface area contributed by atoms with Gasteiger partial charge in [0, 0.05) is 37.6 Å². The summed E-state index contributed by atoms with van der Waals surface area (Å²) < 4.78 is 21.3. The smallest absolute Gasteiger partial charge is 0.144 e. The first-order valence-electron chi connectivity index (χ1n) is 6.70. The van der Waals surface area contributed by atoms with Gasteiger partial charge in [0.15, 0.2) is 0 Å². The van der Waals surface area contributed by atoms with Gasteiger partial charge in [0.25, 0.3) is 0 Å². The first kappa shape index (κ1) is 14.1. The summed E-state index contributed by atoms with van der Waals surface area (Å²) in [7, 11) is 0. The summed E-state index contributed by atoms with van der Waals surface area (Å²) in [5.41, 5.74) is 1.52. The summed E-state index contributed by atoms with van der Waals surface area (Å²) in [4.78, 5) is 4.57. The number of benzene rings is 1. The van der Waals surface area contributed by atoms with Gasteiger partial charge < -0.3 is 9.30 Å². The van der Waals surface area contributed by atoms with Crippen LogP contribution in [0.1, 0.15) is 24.7 Å². The van der Waals surface area contributed by atoms with Crippen molar-refractivity contribution in [3.05, 3.63) is 28.8 Å². The number of alkyl halides is 1. The molecule has 2 heterocycles. The van der Waals surface area contributed by atoms with Crippen molar-refractivity contribution in [2.45, 2.75) is 25.3 Å². The number of ether oxygens (including phenoxy) is 1. The summed E-state index contributed by atoms with van der Waals surface area (Å²) in [5, 5.41) is 0.103. The highest BCUT2D eigenvalue weighted by atomic mass is 35.5. The van der Waals surface area contributed by atoms with E-state index in [9.17, 15) is 4.39 Å². The Morgan fingerprint density at radius 1 is 1.35 bits per heavy atom. The van der Waals surface area contributed by atoms with Gasteiger partial charge in [-0.1, -0.05) is 11.6 Å². The SMILES string of the molecule is Fc1cc2c(cc1Cl)nc(CCCl)n2C1CCOCC1. The largest absolute Gasteiger partial charge is 0.381 e. The monoisotopic (exact) mass is 316 g/mol. The van der Waals surface area contributed by atoms with Crippen molar-refractivity contribution in [3.63, 3.8) is 0 Å². The van der Waals surface area contributed by atoms with Gasteiger partial charge >= 0.3 is 0 Å². The second-order valence-corrected chi connectivity index (χ2v) is 5.72. The Hall–Kier alpha value is -0.840. The summed E-state index contributed by atoms with van der Waals surface area (Å²) in [6.07, 6.45) is 2.48. The van der Waals surface area contributed by atoms with Gasteiger partial charge in [0.05, 0.1) is 16.1 Å². The number of imidazole rings is 1. The number of rotatable bonds is 3. The van der Waals surface area contributed by atoms with E-state index in [1.165, 1.54) is 6.07 Å². The Morgan fingerprint density at radius 2 is 2.10 bits per heavy atom. The zero-order valence-corrected chi connectivity index (χ0v) is 12.4. The molecule has 2 aromatic rings. The van der Waals surface area contributed by atoms with Crippen molar-refractivity contribution < 1.29 is 9.13 Å². The van der Waals surface area contributed by atoms with E-state index in [1.54, 1.807) is 6.07 Å². The topological polar surface area (TPSA) is 27.1 Å². The molecular weight excluding hydrogens is 302 g/mol. The van der Waals surface area contributed by atoms with Crippen LogP contribution in [0.3, 0.4) is 0 Å². The van der Waals surface area contributed by atoms with Crippen molar-refractivity contribution >= 4 is 34.2 Å². The van der Waals surface area contributed by atoms with Crippen LogP contribution in [0, 0.1) is 5.82 Å². The van der Waals surface area contributed by atoms with Crippen LogP contribution in [0.2, 0.25) is 5.02 Å². The maximum atomic E-state index is 13.8. The van der Waals surface area contributed by atoms with Crippen molar-refractivity contribution in [2.24, 2.45) is 0 Å². The van der Waals surface area contributed by atoms with Crippen LogP contribution in [0.15, 0.2) is 12.1 Å². The van der Waals surface area contributed by atoms with Crippen LogP contribution in [-0.2, 0) is 11.2 Å². The minimum Gasteiger partial charge on any atom is -0.381 e. The van der Waals surface area contributed by atoms with Crippen molar-refractivity contribution in [3.8, 4) is 0 Å². The van der Waals surface area contributed by atoms with E-state index in [-0.39, 0.29) is 11.1 Å². The lowest BCUT2D eigenvalue weighted by atomic mass is 10.1. The standard InChI is InChI=1S/C14H15Cl2FN2O/c15-4-1-14-18-12-7-10(16)11(17)8-13(12)19(14)9-2-5-20-6-3-9/h7-9H,1-6H2. The number of fused-ring (bicyclic) bond motifs is 1. The third-order valence-electron chi connectivity index (χ3n) is 3.68. The molecule has 0 bridgehead atoms. The van der Waals surface area contributed by atoms with E-state index in [2.05, 4.69) is 9.55 Å². The van der Waals surface area contributed by atoms with Gasteiger partial charge in [-0.05, 0) is 18.9 Å². The molecule has 3 rings (SSSR count). The van der Waals surface area contributed by atoms with Crippen LogP contribution in [0.4, 0.5) is 4.39 Å². The quantitative estimate of drug-likeness (QED) is 0.801. The summed E-state index contributed by atoms with van der Waals surface area (Å²) in [6, 6.07) is 3.34. The van der Waals surface area contributed by atoms with E-state index in [4.69, 9.17) is 27.9 Å². The van der Waals surface area contributed by atoms with Gasteiger partial charge in [-0.15, -0.1) is 11.6 Å². The van der Waals surface area contributed by atoms with Gasteiger partial charge in [-0.2, -0.15) is 0 Å². The molecule has 0 aliphatic carbocycles. The van der Waals surface area contributed by atoms with Crippen molar-refractivity contribution in [1.82, 2.24) is 9.55 Å². The van der Waals surface area contributed by atoms with Gasteiger partial charge in [-0.3, -0.25) is 0 Å².